The Hall–Kier alpha value is -6.20. The number of pyridine rings is 1. The lowest BCUT2D eigenvalue weighted by molar-refractivity contribution is 0.667. The molecule has 0 N–H and O–H groups in total. The largest absolute Gasteiger partial charge is 0.454 e. The number of aromatic nitrogens is 4. The van der Waals surface area contributed by atoms with Crippen molar-refractivity contribution >= 4 is 43.5 Å². The van der Waals surface area contributed by atoms with E-state index in [0.29, 0.717) is 17.5 Å². The molecule has 0 aliphatic rings. The molecule has 9 rings (SSSR count). The molecule has 45 heavy (non-hydrogen) atoms. The Bertz CT molecular complexity index is 2480. The Morgan fingerprint density at radius 1 is 0.422 bits per heavy atom. The maximum Gasteiger partial charge on any atom is 0.164 e. The highest BCUT2D eigenvalue weighted by atomic mass is 16.3. The molecular weight excluding hydrogens is 552 g/mol. The van der Waals surface area contributed by atoms with Crippen LogP contribution in [0, 0.1) is 0 Å². The zero-order valence-electron chi connectivity index (χ0n) is 24.1. The molecule has 6 aromatic carbocycles. The highest BCUT2D eigenvalue weighted by molar-refractivity contribution is 6.17. The van der Waals surface area contributed by atoms with Crippen molar-refractivity contribution < 1.29 is 4.42 Å². The molecule has 5 nitrogen and oxygen atoms in total. The monoisotopic (exact) mass is 576 g/mol. The summed E-state index contributed by atoms with van der Waals surface area (Å²) in [5.41, 5.74) is 6.34. The summed E-state index contributed by atoms with van der Waals surface area (Å²) >= 11 is 0. The summed E-state index contributed by atoms with van der Waals surface area (Å²) in [6.45, 7) is 0. The van der Waals surface area contributed by atoms with Gasteiger partial charge in [-0.3, -0.25) is 4.98 Å². The number of benzene rings is 6. The van der Waals surface area contributed by atoms with Crippen molar-refractivity contribution in [1.82, 2.24) is 19.9 Å². The van der Waals surface area contributed by atoms with E-state index in [9.17, 15) is 0 Å². The molecule has 3 aromatic heterocycles. The smallest absolute Gasteiger partial charge is 0.164 e. The topological polar surface area (TPSA) is 64.7 Å². The van der Waals surface area contributed by atoms with Crippen LogP contribution in [0.5, 0.6) is 0 Å². The third-order valence-electron chi connectivity index (χ3n) is 8.40. The number of fused-ring (bicyclic) bond motifs is 6. The molecule has 0 aliphatic heterocycles. The summed E-state index contributed by atoms with van der Waals surface area (Å²) in [6, 6.07) is 45.8. The van der Waals surface area contributed by atoms with Gasteiger partial charge in [0.15, 0.2) is 23.1 Å². The summed E-state index contributed by atoms with van der Waals surface area (Å²) < 4.78 is 6.47. The van der Waals surface area contributed by atoms with Gasteiger partial charge in [-0.15, -0.1) is 0 Å². The van der Waals surface area contributed by atoms with Crippen LogP contribution in [0.1, 0.15) is 0 Å². The van der Waals surface area contributed by atoms with Crippen molar-refractivity contribution in [3.8, 4) is 45.3 Å². The van der Waals surface area contributed by atoms with E-state index in [0.717, 1.165) is 49.8 Å². The summed E-state index contributed by atoms with van der Waals surface area (Å²) in [5, 5.41) is 6.70. The second-order valence-electron chi connectivity index (χ2n) is 11.1. The van der Waals surface area contributed by atoms with Crippen molar-refractivity contribution in [2.24, 2.45) is 0 Å². The van der Waals surface area contributed by atoms with Gasteiger partial charge in [0.1, 0.15) is 5.58 Å². The molecule has 0 spiro atoms. The number of hydrogen-bond donors (Lipinski definition) is 0. The van der Waals surface area contributed by atoms with Crippen LogP contribution >= 0.6 is 0 Å². The second kappa shape index (κ2) is 10.2. The first-order valence-electron chi connectivity index (χ1n) is 14.9. The lowest BCUT2D eigenvalue weighted by Crippen LogP contribution is -2.00. The predicted molar refractivity (Wildman–Crippen MR) is 182 cm³/mol. The van der Waals surface area contributed by atoms with Crippen LogP contribution < -0.4 is 0 Å². The van der Waals surface area contributed by atoms with Crippen LogP contribution in [-0.4, -0.2) is 19.9 Å². The lowest BCUT2D eigenvalue weighted by atomic mass is 9.91. The summed E-state index contributed by atoms with van der Waals surface area (Å²) in [5.74, 6) is 1.81. The summed E-state index contributed by atoms with van der Waals surface area (Å²) in [7, 11) is 0. The summed E-state index contributed by atoms with van der Waals surface area (Å²) in [4.78, 5) is 19.5. The van der Waals surface area contributed by atoms with Crippen molar-refractivity contribution in [2.45, 2.75) is 0 Å². The van der Waals surface area contributed by atoms with Gasteiger partial charge in [-0.2, -0.15) is 0 Å². The summed E-state index contributed by atoms with van der Waals surface area (Å²) in [6.07, 6.45) is 3.56. The van der Waals surface area contributed by atoms with E-state index >= 15 is 0 Å². The molecule has 0 atom stereocenters. The fourth-order valence-corrected chi connectivity index (χ4v) is 6.31. The maximum absolute atomic E-state index is 6.47. The van der Waals surface area contributed by atoms with Crippen LogP contribution in [0.3, 0.4) is 0 Å². The van der Waals surface area contributed by atoms with Gasteiger partial charge in [0.05, 0.1) is 6.20 Å². The molecular formula is C40H24N4O. The molecule has 0 unspecified atom stereocenters. The van der Waals surface area contributed by atoms with Crippen LogP contribution in [0.4, 0.5) is 0 Å². The molecule has 9 aromatic rings. The van der Waals surface area contributed by atoms with Crippen molar-refractivity contribution in [3.05, 3.63) is 146 Å². The van der Waals surface area contributed by atoms with Crippen LogP contribution in [0.2, 0.25) is 0 Å². The minimum absolute atomic E-state index is 0.583. The fraction of sp³-hybridized carbons (Fsp3) is 0. The number of nitrogens with zero attached hydrogens (tertiary/aromatic N) is 4. The molecule has 0 aliphatic carbocycles. The van der Waals surface area contributed by atoms with Gasteiger partial charge in [0.25, 0.3) is 0 Å². The van der Waals surface area contributed by atoms with Crippen molar-refractivity contribution in [3.63, 3.8) is 0 Å². The molecule has 0 saturated heterocycles. The minimum Gasteiger partial charge on any atom is -0.454 e. The lowest BCUT2D eigenvalue weighted by Gasteiger charge is -2.13. The number of furan rings is 1. The molecule has 0 saturated carbocycles. The van der Waals surface area contributed by atoms with Gasteiger partial charge in [-0.1, -0.05) is 109 Å². The van der Waals surface area contributed by atoms with Gasteiger partial charge in [0.2, 0.25) is 0 Å². The van der Waals surface area contributed by atoms with Crippen molar-refractivity contribution in [2.75, 3.05) is 0 Å². The van der Waals surface area contributed by atoms with E-state index in [2.05, 4.69) is 71.7 Å². The molecule has 0 radical (unpaired) electrons. The first-order chi connectivity index (χ1) is 22.3. The average Bonchev–Trinajstić information content (AvgIpc) is 3.50. The standard InChI is InChI=1S/C40H24N4O/c1-3-11-25(12-4-1)38-42-39(26-13-5-2-6-14-26)44-40(43-38)34-22-28(23-35-37(34)32-19-20-41-24-36(32)45-35)33-21-27-15-7-8-16-29(27)30-17-9-10-18-31(30)33/h1-24H. The first kappa shape index (κ1) is 25.3. The molecule has 0 fully saturated rings. The Kier molecular flexibility index (Phi) is 5.74. The average molecular weight is 577 g/mol. The normalized spacial score (nSPS) is 11.6. The quantitative estimate of drug-likeness (QED) is 0.195. The third kappa shape index (κ3) is 4.25. The van der Waals surface area contributed by atoms with E-state index < -0.39 is 0 Å². The number of hydrogen-bond acceptors (Lipinski definition) is 5. The van der Waals surface area contributed by atoms with E-state index in [1.165, 1.54) is 21.5 Å². The van der Waals surface area contributed by atoms with Crippen LogP contribution in [-0.2, 0) is 0 Å². The highest BCUT2D eigenvalue weighted by Gasteiger charge is 2.20. The van der Waals surface area contributed by atoms with Crippen molar-refractivity contribution in [1.29, 1.82) is 0 Å². The highest BCUT2D eigenvalue weighted by Crippen LogP contribution is 2.42. The molecule has 3 heterocycles. The minimum atomic E-state index is 0.583. The molecule has 0 bridgehead atoms. The SMILES string of the molecule is c1ccc(-c2nc(-c3ccccc3)nc(-c3cc(-c4cc5ccccc5c5ccccc45)cc4oc5cnccc5c34)n2)cc1. The van der Waals surface area contributed by atoms with Gasteiger partial charge in [0, 0.05) is 33.7 Å². The van der Waals surface area contributed by atoms with Gasteiger partial charge >= 0.3 is 0 Å². The van der Waals surface area contributed by atoms with Crippen LogP contribution in [0.15, 0.2) is 150 Å². The van der Waals surface area contributed by atoms with E-state index in [1.54, 1.807) is 12.4 Å². The fourth-order valence-electron chi connectivity index (χ4n) is 6.31. The molecule has 5 heteroatoms. The third-order valence-corrected chi connectivity index (χ3v) is 8.40. The van der Waals surface area contributed by atoms with E-state index in [-0.39, 0.29) is 0 Å². The first-order valence-corrected chi connectivity index (χ1v) is 14.9. The zero-order chi connectivity index (χ0) is 29.7. The van der Waals surface area contributed by atoms with E-state index in [4.69, 9.17) is 19.4 Å². The Balaban J connectivity index is 1.38. The Labute approximate surface area is 258 Å². The van der Waals surface area contributed by atoms with Gasteiger partial charge in [-0.25, -0.2) is 15.0 Å². The zero-order valence-corrected chi connectivity index (χ0v) is 24.1. The second-order valence-corrected chi connectivity index (χ2v) is 11.1. The predicted octanol–water partition coefficient (Wildman–Crippen LogP) is 10.1. The molecule has 210 valence electrons. The van der Waals surface area contributed by atoms with E-state index in [1.807, 2.05) is 66.7 Å². The number of rotatable bonds is 4. The Morgan fingerprint density at radius 2 is 1.04 bits per heavy atom. The van der Waals surface area contributed by atoms with Gasteiger partial charge in [-0.05, 0) is 56.9 Å². The van der Waals surface area contributed by atoms with Crippen LogP contribution in [0.25, 0.3) is 88.8 Å². The maximum atomic E-state index is 6.47. The Morgan fingerprint density at radius 3 is 1.78 bits per heavy atom. The van der Waals surface area contributed by atoms with Gasteiger partial charge < -0.3 is 4.42 Å². The molecule has 0 amide bonds.